The molecule has 3 rings (SSSR count). The van der Waals surface area contributed by atoms with Crippen LogP contribution in [-0.4, -0.2) is 18.1 Å². The summed E-state index contributed by atoms with van der Waals surface area (Å²) in [4.78, 5) is 12.5. The number of rotatable bonds is 7. The number of halogens is 1. The fourth-order valence-electron chi connectivity index (χ4n) is 3.07. The number of hydrogen-bond acceptors (Lipinski definition) is 3. The number of carbonyl (C=O) groups excluding carboxylic acids is 1. The third kappa shape index (κ3) is 5.15. The molecule has 0 heterocycles. The van der Waals surface area contributed by atoms with E-state index in [0.29, 0.717) is 23.3 Å². The second-order valence-electron chi connectivity index (χ2n) is 6.51. The van der Waals surface area contributed by atoms with Gasteiger partial charge < -0.3 is 14.8 Å². The SMILES string of the molecule is CCC(Oc1cccc(Cl)c1)C(=O)Nc1ccc(OC2CCCC2)cc1. The van der Waals surface area contributed by atoms with Crippen molar-refractivity contribution < 1.29 is 14.3 Å². The highest BCUT2D eigenvalue weighted by molar-refractivity contribution is 6.30. The zero-order valence-electron chi connectivity index (χ0n) is 14.9. The third-order valence-electron chi connectivity index (χ3n) is 4.46. The van der Waals surface area contributed by atoms with Gasteiger partial charge in [0.1, 0.15) is 11.5 Å². The van der Waals surface area contributed by atoms with E-state index in [0.717, 1.165) is 24.3 Å². The van der Waals surface area contributed by atoms with Gasteiger partial charge in [-0.15, -0.1) is 0 Å². The van der Waals surface area contributed by atoms with E-state index in [4.69, 9.17) is 21.1 Å². The molecule has 1 aliphatic carbocycles. The quantitative estimate of drug-likeness (QED) is 0.701. The van der Waals surface area contributed by atoms with E-state index in [9.17, 15) is 4.79 Å². The van der Waals surface area contributed by atoms with Crippen molar-refractivity contribution in [1.29, 1.82) is 0 Å². The molecule has 0 bridgehead atoms. The van der Waals surface area contributed by atoms with E-state index in [2.05, 4.69) is 5.32 Å². The topological polar surface area (TPSA) is 47.6 Å². The third-order valence-corrected chi connectivity index (χ3v) is 4.70. The van der Waals surface area contributed by atoms with Crippen LogP contribution in [0.5, 0.6) is 11.5 Å². The molecule has 0 aromatic heterocycles. The number of carbonyl (C=O) groups is 1. The highest BCUT2D eigenvalue weighted by Gasteiger charge is 2.19. The summed E-state index contributed by atoms with van der Waals surface area (Å²) in [6.07, 6.45) is 5.03. The van der Waals surface area contributed by atoms with Crippen LogP contribution in [0.4, 0.5) is 5.69 Å². The van der Waals surface area contributed by atoms with Crippen molar-refractivity contribution in [3.05, 3.63) is 53.6 Å². The summed E-state index contributed by atoms with van der Waals surface area (Å²) in [6.45, 7) is 1.91. The van der Waals surface area contributed by atoms with E-state index in [1.807, 2.05) is 31.2 Å². The van der Waals surface area contributed by atoms with Gasteiger partial charge in [-0.3, -0.25) is 4.79 Å². The van der Waals surface area contributed by atoms with Crippen LogP contribution in [0.25, 0.3) is 0 Å². The normalized spacial score (nSPS) is 15.5. The monoisotopic (exact) mass is 373 g/mol. The lowest BCUT2D eigenvalue weighted by molar-refractivity contribution is -0.122. The van der Waals surface area contributed by atoms with E-state index in [-0.39, 0.29) is 5.91 Å². The Bertz CT molecular complexity index is 726. The molecule has 4 nitrogen and oxygen atoms in total. The second-order valence-corrected chi connectivity index (χ2v) is 6.95. The Hall–Kier alpha value is -2.20. The zero-order valence-corrected chi connectivity index (χ0v) is 15.7. The molecule has 0 aliphatic heterocycles. The van der Waals surface area contributed by atoms with Gasteiger partial charge in [0.25, 0.3) is 5.91 Å². The first-order chi connectivity index (χ1) is 12.6. The number of benzene rings is 2. The van der Waals surface area contributed by atoms with Crippen LogP contribution in [0, 0.1) is 0 Å². The fourth-order valence-corrected chi connectivity index (χ4v) is 3.25. The lowest BCUT2D eigenvalue weighted by atomic mass is 10.2. The summed E-state index contributed by atoms with van der Waals surface area (Å²) in [7, 11) is 0. The van der Waals surface area contributed by atoms with Crippen molar-refractivity contribution in [3.8, 4) is 11.5 Å². The number of hydrogen-bond donors (Lipinski definition) is 1. The zero-order chi connectivity index (χ0) is 18.4. The Kier molecular flexibility index (Phi) is 6.40. The minimum atomic E-state index is -0.581. The molecule has 1 amide bonds. The molecule has 0 saturated heterocycles. The summed E-state index contributed by atoms with van der Waals surface area (Å²) in [5.41, 5.74) is 0.724. The molecule has 26 heavy (non-hydrogen) atoms. The molecule has 0 spiro atoms. The molecule has 2 aromatic carbocycles. The van der Waals surface area contributed by atoms with Crippen molar-refractivity contribution in [3.63, 3.8) is 0 Å². The standard InChI is InChI=1S/C21H24ClNO3/c1-2-20(26-19-9-5-6-15(22)14-19)21(24)23-16-10-12-18(13-11-16)25-17-7-3-4-8-17/h5-6,9-14,17,20H,2-4,7-8H2,1H3,(H,23,24). The van der Waals surface area contributed by atoms with E-state index < -0.39 is 6.10 Å². The number of nitrogens with one attached hydrogen (secondary N) is 1. The first-order valence-electron chi connectivity index (χ1n) is 9.14. The Morgan fingerprint density at radius 3 is 2.54 bits per heavy atom. The fraction of sp³-hybridized carbons (Fsp3) is 0.381. The van der Waals surface area contributed by atoms with Gasteiger partial charge >= 0.3 is 0 Å². The first kappa shape index (κ1) is 18.6. The van der Waals surface area contributed by atoms with Crippen LogP contribution in [-0.2, 0) is 4.79 Å². The number of anilines is 1. The maximum atomic E-state index is 12.5. The van der Waals surface area contributed by atoms with Crippen molar-refractivity contribution in [2.24, 2.45) is 0 Å². The van der Waals surface area contributed by atoms with E-state index in [1.165, 1.54) is 12.8 Å². The summed E-state index contributed by atoms with van der Waals surface area (Å²) in [5, 5.41) is 3.48. The van der Waals surface area contributed by atoms with E-state index >= 15 is 0 Å². The highest BCUT2D eigenvalue weighted by atomic mass is 35.5. The number of amides is 1. The Morgan fingerprint density at radius 2 is 1.88 bits per heavy atom. The lowest BCUT2D eigenvalue weighted by Gasteiger charge is -2.18. The van der Waals surface area contributed by atoms with Crippen LogP contribution >= 0.6 is 11.6 Å². The van der Waals surface area contributed by atoms with Gasteiger partial charge in [0, 0.05) is 10.7 Å². The predicted octanol–water partition coefficient (Wildman–Crippen LogP) is 5.46. The maximum Gasteiger partial charge on any atom is 0.265 e. The number of ether oxygens (including phenoxy) is 2. The Balaban J connectivity index is 1.56. The van der Waals surface area contributed by atoms with Crippen molar-refractivity contribution in [2.45, 2.75) is 51.2 Å². The predicted molar refractivity (Wildman–Crippen MR) is 104 cm³/mol. The minimum Gasteiger partial charge on any atom is -0.490 e. The average molecular weight is 374 g/mol. The molecular formula is C21H24ClNO3. The Morgan fingerprint density at radius 1 is 1.15 bits per heavy atom. The van der Waals surface area contributed by atoms with Crippen LogP contribution in [0.2, 0.25) is 5.02 Å². The lowest BCUT2D eigenvalue weighted by Crippen LogP contribution is -2.32. The molecule has 1 unspecified atom stereocenters. The molecule has 1 aliphatic rings. The largest absolute Gasteiger partial charge is 0.490 e. The second kappa shape index (κ2) is 8.95. The van der Waals surface area contributed by atoms with E-state index in [1.54, 1.807) is 24.3 Å². The molecule has 5 heteroatoms. The minimum absolute atomic E-state index is 0.183. The molecule has 1 atom stereocenters. The average Bonchev–Trinajstić information content (AvgIpc) is 3.14. The van der Waals surface area contributed by atoms with Crippen LogP contribution < -0.4 is 14.8 Å². The van der Waals surface area contributed by atoms with Gasteiger partial charge in [0.05, 0.1) is 6.10 Å². The van der Waals surface area contributed by atoms with Gasteiger partial charge in [-0.1, -0.05) is 24.6 Å². The van der Waals surface area contributed by atoms with Gasteiger partial charge in [-0.05, 0) is 74.6 Å². The summed E-state index contributed by atoms with van der Waals surface area (Å²) >= 11 is 5.96. The van der Waals surface area contributed by atoms with Crippen LogP contribution in [0.1, 0.15) is 39.0 Å². The summed E-state index contributed by atoms with van der Waals surface area (Å²) < 4.78 is 11.7. The highest BCUT2D eigenvalue weighted by Crippen LogP contribution is 2.25. The van der Waals surface area contributed by atoms with Crippen molar-refractivity contribution in [2.75, 3.05) is 5.32 Å². The van der Waals surface area contributed by atoms with Gasteiger partial charge in [-0.2, -0.15) is 0 Å². The van der Waals surface area contributed by atoms with Crippen molar-refractivity contribution in [1.82, 2.24) is 0 Å². The molecule has 1 saturated carbocycles. The molecule has 2 aromatic rings. The first-order valence-corrected chi connectivity index (χ1v) is 9.51. The summed E-state index contributed by atoms with van der Waals surface area (Å²) in [5.74, 6) is 1.24. The summed E-state index contributed by atoms with van der Waals surface area (Å²) in [6, 6.07) is 14.6. The van der Waals surface area contributed by atoms with Crippen LogP contribution in [0.15, 0.2) is 48.5 Å². The van der Waals surface area contributed by atoms with Gasteiger partial charge in [0.15, 0.2) is 6.10 Å². The van der Waals surface area contributed by atoms with Gasteiger partial charge in [0.2, 0.25) is 0 Å². The molecule has 1 fully saturated rings. The molecule has 1 N–H and O–H groups in total. The Labute approximate surface area is 159 Å². The maximum absolute atomic E-state index is 12.5. The van der Waals surface area contributed by atoms with Gasteiger partial charge in [-0.25, -0.2) is 0 Å². The van der Waals surface area contributed by atoms with Crippen LogP contribution in [0.3, 0.4) is 0 Å². The molecular weight excluding hydrogens is 350 g/mol. The molecule has 138 valence electrons. The smallest absolute Gasteiger partial charge is 0.265 e. The molecule has 0 radical (unpaired) electrons. The van der Waals surface area contributed by atoms with Crippen molar-refractivity contribution >= 4 is 23.2 Å².